The maximum Gasteiger partial charge on any atom is 0.323 e. The molecule has 1 saturated carbocycles. The van der Waals surface area contributed by atoms with Crippen molar-refractivity contribution in [2.75, 3.05) is 0 Å². The third-order valence-corrected chi connectivity index (χ3v) is 5.22. The lowest BCUT2D eigenvalue weighted by Gasteiger charge is -2.35. The van der Waals surface area contributed by atoms with Crippen molar-refractivity contribution in [1.82, 2.24) is 45.0 Å². The molecule has 0 radical (unpaired) electrons. The second-order valence-electron chi connectivity index (χ2n) is 7.23. The number of hydrogen-bond acceptors (Lipinski definition) is 6. The maximum absolute atomic E-state index is 12.5. The molecule has 0 saturated heterocycles. The van der Waals surface area contributed by atoms with Gasteiger partial charge < -0.3 is 15.3 Å². The summed E-state index contributed by atoms with van der Waals surface area (Å²) in [6.45, 7) is 0.707. The van der Waals surface area contributed by atoms with Crippen molar-refractivity contribution in [2.45, 2.75) is 37.9 Å². The Kier molecular flexibility index (Phi) is 4.19. The number of H-pyrrole nitrogens is 2. The Morgan fingerprint density at radius 1 is 1.24 bits per heavy atom. The minimum absolute atomic E-state index is 0.0938. The van der Waals surface area contributed by atoms with Gasteiger partial charge in [0.25, 0.3) is 5.91 Å². The Morgan fingerprint density at radius 3 is 2.93 bits per heavy atom. The van der Waals surface area contributed by atoms with E-state index in [-0.39, 0.29) is 23.7 Å². The average Bonchev–Trinajstić information content (AvgIpc) is 3.41. The summed E-state index contributed by atoms with van der Waals surface area (Å²) in [4.78, 5) is 33.1. The molecule has 1 aliphatic carbocycles. The third kappa shape index (κ3) is 3.53. The zero-order chi connectivity index (χ0) is 19.8. The van der Waals surface area contributed by atoms with Gasteiger partial charge in [0.05, 0.1) is 22.8 Å². The van der Waals surface area contributed by atoms with Gasteiger partial charge in [-0.1, -0.05) is 5.21 Å². The van der Waals surface area contributed by atoms with Gasteiger partial charge in [-0.3, -0.25) is 9.48 Å². The Bertz CT molecular complexity index is 1200. The third-order valence-electron chi connectivity index (χ3n) is 5.22. The van der Waals surface area contributed by atoms with Crippen molar-refractivity contribution in [3.05, 3.63) is 58.8 Å². The topological polar surface area (TPSA) is 139 Å². The van der Waals surface area contributed by atoms with E-state index in [1.54, 1.807) is 29.2 Å². The second-order valence-corrected chi connectivity index (χ2v) is 7.23. The number of rotatable bonds is 6. The van der Waals surface area contributed by atoms with E-state index >= 15 is 0 Å². The largest absolute Gasteiger partial charge is 0.349 e. The van der Waals surface area contributed by atoms with Gasteiger partial charge in [-0.2, -0.15) is 5.10 Å². The lowest BCUT2D eigenvalue weighted by atomic mass is 9.86. The van der Waals surface area contributed by atoms with E-state index < -0.39 is 0 Å². The van der Waals surface area contributed by atoms with E-state index in [2.05, 4.69) is 35.7 Å². The van der Waals surface area contributed by atoms with Crippen molar-refractivity contribution >= 4 is 16.9 Å². The van der Waals surface area contributed by atoms with Crippen LogP contribution in [0.1, 0.15) is 34.9 Å². The van der Waals surface area contributed by atoms with E-state index in [4.69, 9.17) is 0 Å². The lowest BCUT2D eigenvalue weighted by molar-refractivity contribution is 0.0888. The number of aromatic amines is 2. The summed E-state index contributed by atoms with van der Waals surface area (Å²) in [5.74, 6) is -0.149. The highest BCUT2D eigenvalue weighted by atomic mass is 16.2. The van der Waals surface area contributed by atoms with Crippen LogP contribution in [-0.4, -0.2) is 51.7 Å². The first-order valence-corrected chi connectivity index (χ1v) is 9.40. The molecule has 5 rings (SSSR count). The predicted octanol–water partition coefficient (Wildman–Crippen LogP) is 0.415. The summed E-state index contributed by atoms with van der Waals surface area (Å²) in [6, 6.07) is 5.43. The molecule has 1 fully saturated rings. The highest BCUT2D eigenvalue weighted by molar-refractivity contribution is 5.97. The van der Waals surface area contributed by atoms with Crippen molar-refractivity contribution < 1.29 is 4.79 Å². The Labute approximate surface area is 164 Å². The predicted molar refractivity (Wildman–Crippen MR) is 102 cm³/mol. The molecule has 3 heterocycles. The quantitative estimate of drug-likeness (QED) is 0.434. The fourth-order valence-electron chi connectivity index (χ4n) is 3.55. The van der Waals surface area contributed by atoms with E-state index in [1.807, 2.05) is 10.9 Å². The average molecular weight is 393 g/mol. The first kappa shape index (κ1) is 17.3. The van der Waals surface area contributed by atoms with E-state index in [1.165, 1.54) is 6.33 Å². The number of aromatic nitrogens is 8. The molecule has 29 heavy (non-hydrogen) atoms. The molecule has 0 aliphatic heterocycles. The molecule has 0 spiro atoms. The van der Waals surface area contributed by atoms with Crippen molar-refractivity contribution in [2.24, 2.45) is 0 Å². The van der Waals surface area contributed by atoms with Gasteiger partial charge in [-0.05, 0) is 31.0 Å². The summed E-state index contributed by atoms with van der Waals surface area (Å²) in [7, 11) is 0. The fourth-order valence-corrected chi connectivity index (χ4v) is 3.55. The Hall–Kier alpha value is -3.76. The van der Waals surface area contributed by atoms with Crippen LogP contribution in [0.2, 0.25) is 0 Å². The Morgan fingerprint density at radius 2 is 2.10 bits per heavy atom. The molecular formula is C18H19N9O2. The van der Waals surface area contributed by atoms with Gasteiger partial charge in [0.15, 0.2) is 0 Å². The summed E-state index contributed by atoms with van der Waals surface area (Å²) >= 11 is 0. The van der Waals surface area contributed by atoms with Crippen LogP contribution in [0.4, 0.5) is 0 Å². The monoisotopic (exact) mass is 393 g/mol. The first-order chi connectivity index (χ1) is 14.1. The SMILES string of the molecule is O=C(NC1CC(n2cc(CCn3cncn3)nn2)C1)c1ccc2[nH]c(=O)[nH]c2c1. The normalized spacial score (nSPS) is 18.6. The number of fused-ring (bicyclic) bond motifs is 1. The minimum atomic E-state index is -0.284. The van der Waals surface area contributed by atoms with Crippen molar-refractivity contribution in [3.63, 3.8) is 0 Å². The molecule has 0 bridgehead atoms. The molecule has 3 N–H and O–H groups in total. The molecule has 3 aromatic heterocycles. The number of aryl methyl sites for hydroxylation is 2. The smallest absolute Gasteiger partial charge is 0.323 e. The molecule has 0 unspecified atom stereocenters. The molecule has 11 heteroatoms. The van der Waals surface area contributed by atoms with Gasteiger partial charge in [0.1, 0.15) is 12.7 Å². The van der Waals surface area contributed by atoms with Gasteiger partial charge in [0.2, 0.25) is 0 Å². The number of carbonyl (C=O) groups excluding carboxylic acids is 1. The minimum Gasteiger partial charge on any atom is -0.349 e. The number of amides is 1. The van der Waals surface area contributed by atoms with Crippen molar-refractivity contribution in [1.29, 1.82) is 0 Å². The summed E-state index contributed by atoms with van der Waals surface area (Å²) < 4.78 is 3.63. The molecule has 1 amide bonds. The number of nitrogens with zero attached hydrogens (tertiary/aromatic N) is 6. The van der Waals surface area contributed by atoms with Crippen LogP contribution in [0.5, 0.6) is 0 Å². The van der Waals surface area contributed by atoms with E-state index in [0.717, 1.165) is 25.0 Å². The highest BCUT2D eigenvalue weighted by Gasteiger charge is 2.32. The number of nitrogens with one attached hydrogen (secondary N) is 3. The maximum atomic E-state index is 12.5. The van der Waals surface area contributed by atoms with Crippen LogP contribution in [0, 0.1) is 0 Å². The number of imidazole rings is 1. The number of hydrogen-bond donors (Lipinski definition) is 3. The lowest BCUT2D eigenvalue weighted by Crippen LogP contribution is -2.45. The van der Waals surface area contributed by atoms with Gasteiger partial charge >= 0.3 is 5.69 Å². The molecule has 1 aromatic carbocycles. The van der Waals surface area contributed by atoms with Crippen LogP contribution in [0.3, 0.4) is 0 Å². The van der Waals surface area contributed by atoms with Gasteiger partial charge in [-0.25, -0.2) is 14.5 Å². The van der Waals surface area contributed by atoms with Gasteiger partial charge in [-0.15, -0.1) is 5.10 Å². The summed E-state index contributed by atoms with van der Waals surface area (Å²) in [6.07, 6.45) is 7.49. The van der Waals surface area contributed by atoms with E-state index in [0.29, 0.717) is 23.1 Å². The van der Waals surface area contributed by atoms with E-state index in [9.17, 15) is 9.59 Å². The zero-order valence-electron chi connectivity index (χ0n) is 15.4. The Balaban J connectivity index is 1.14. The fraction of sp³-hybridized carbons (Fsp3) is 0.333. The molecule has 11 nitrogen and oxygen atoms in total. The number of carbonyl (C=O) groups is 1. The summed E-state index contributed by atoms with van der Waals surface area (Å²) in [5.41, 5.74) is 2.44. The first-order valence-electron chi connectivity index (χ1n) is 9.40. The molecule has 148 valence electrons. The van der Waals surface area contributed by atoms with Crippen LogP contribution in [0.15, 0.2) is 41.8 Å². The van der Waals surface area contributed by atoms with Gasteiger partial charge in [0, 0.05) is 30.8 Å². The molecule has 4 aromatic rings. The van der Waals surface area contributed by atoms with Crippen LogP contribution in [-0.2, 0) is 13.0 Å². The molecular weight excluding hydrogens is 374 g/mol. The van der Waals surface area contributed by atoms with Crippen LogP contribution >= 0.6 is 0 Å². The molecule has 0 atom stereocenters. The zero-order valence-corrected chi connectivity index (χ0v) is 15.4. The summed E-state index contributed by atoms with van der Waals surface area (Å²) in [5, 5.41) is 15.5. The van der Waals surface area contributed by atoms with Crippen molar-refractivity contribution in [3.8, 4) is 0 Å². The van der Waals surface area contributed by atoms with Crippen LogP contribution in [0.25, 0.3) is 11.0 Å². The second kappa shape index (κ2) is 7.00. The highest BCUT2D eigenvalue weighted by Crippen LogP contribution is 2.31. The number of benzene rings is 1. The standard InChI is InChI=1S/C18H19N9O2/c28-17(11-1-2-15-16(5-11)23-18(29)22-15)21-13-6-14(7-13)27-8-12(24-25-27)3-4-26-10-19-9-20-26/h1-2,5,8-10,13-14H,3-4,6-7H2,(H,21,28)(H2,22,23,29). The molecule has 1 aliphatic rings. The van der Waals surface area contributed by atoms with Crippen LogP contribution < -0.4 is 11.0 Å².